The van der Waals surface area contributed by atoms with Crippen LogP contribution in [0.2, 0.25) is 0 Å². The summed E-state index contributed by atoms with van der Waals surface area (Å²) in [6.45, 7) is 8.21. The smallest absolute Gasteiger partial charge is 0.233 e. The highest BCUT2D eigenvalue weighted by Crippen LogP contribution is 2.29. The second-order valence-electron chi connectivity index (χ2n) is 4.17. The Hall–Kier alpha value is -0.990. The molecular weight excluding hydrogens is 152 g/mol. The van der Waals surface area contributed by atoms with E-state index in [0.717, 1.165) is 11.3 Å². The Labute approximate surface area is 73.0 Å². The molecule has 0 bridgehead atoms. The van der Waals surface area contributed by atoms with Crippen LogP contribution in [-0.4, -0.2) is 14.9 Å². The summed E-state index contributed by atoms with van der Waals surface area (Å²) < 4.78 is 1.74. The lowest BCUT2D eigenvalue weighted by Crippen LogP contribution is -2.17. The van der Waals surface area contributed by atoms with Crippen molar-refractivity contribution in [3.8, 4) is 5.88 Å². The van der Waals surface area contributed by atoms with Crippen molar-refractivity contribution in [2.45, 2.75) is 33.1 Å². The predicted octanol–water partition coefficient (Wildman–Crippen LogP) is 1.73. The SMILES string of the molecule is Cc1c(O)nn(C)c1C(C)(C)C. The summed E-state index contributed by atoms with van der Waals surface area (Å²) in [4.78, 5) is 0. The number of aromatic nitrogens is 2. The van der Waals surface area contributed by atoms with E-state index in [1.807, 2.05) is 14.0 Å². The van der Waals surface area contributed by atoms with Gasteiger partial charge in [-0.1, -0.05) is 20.8 Å². The fourth-order valence-electron chi connectivity index (χ4n) is 1.66. The number of aromatic hydroxyl groups is 1. The standard InChI is InChI=1S/C9H16N2O/c1-6-7(9(2,3)4)11(5)10-8(6)12/h1-5H3,(H,10,12). The van der Waals surface area contributed by atoms with Gasteiger partial charge in [-0.2, -0.15) is 0 Å². The van der Waals surface area contributed by atoms with Crippen LogP contribution in [0.1, 0.15) is 32.0 Å². The average molecular weight is 168 g/mol. The van der Waals surface area contributed by atoms with Crippen LogP contribution >= 0.6 is 0 Å². The van der Waals surface area contributed by atoms with Crippen molar-refractivity contribution in [3.05, 3.63) is 11.3 Å². The third-order valence-electron chi connectivity index (χ3n) is 1.97. The number of hydrogen-bond acceptors (Lipinski definition) is 2. The Bertz CT molecular complexity index is 294. The van der Waals surface area contributed by atoms with Crippen molar-refractivity contribution >= 4 is 0 Å². The van der Waals surface area contributed by atoms with E-state index < -0.39 is 0 Å². The summed E-state index contributed by atoms with van der Waals surface area (Å²) in [5.74, 6) is 0.141. The Kier molecular flexibility index (Phi) is 1.90. The topological polar surface area (TPSA) is 38.1 Å². The van der Waals surface area contributed by atoms with E-state index in [0.29, 0.717) is 0 Å². The van der Waals surface area contributed by atoms with Crippen LogP contribution in [0.5, 0.6) is 5.88 Å². The van der Waals surface area contributed by atoms with Gasteiger partial charge < -0.3 is 5.11 Å². The molecule has 1 aromatic heterocycles. The normalized spacial score (nSPS) is 12.1. The number of aryl methyl sites for hydroxylation is 1. The minimum absolute atomic E-state index is 0.0345. The van der Waals surface area contributed by atoms with E-state index in [1.165, 1.54) is 0 Å². The Morgan fingerprint density at radius 2 is 1.83 bits per heavy atom. The fraction of sp³-hybridized carbons (Fsp3) is 0.667. The molecule has 1 N–H and O–H groups in total. The maximum absolute atomic E-state index is 9.35. The van der Waals surface area contributed by atoms with E-state index >= 15 is 0 Å². The first-order valence-corrected chi connectivity index (χ1v) is 4.07. The largest absolute Gasteiger partial charge is 0.492 e. The van der Waals surface area contributed by atoms with Gasteiger partial charge in [0.25, 0.3) is 0 Å². The molecule has 68 valence electrons. The lowest BCUT2D eigenvalue weighted by Gasteiger charge is -2.19. The van der Waals surface area contributed by atoms with E-state index in [4.69, 9.17) is 0 Å². The average Bonchev–Trinajstić information content (AvgIpc) is 2.05. The molecule has 0 aliphatic carbocycles. The number of hydrogen-bond donors (Lipinski definition) is 1. The third-order valence-corrected chi connectivity index (χ3v) is 1.97. The third kappa shape index (κ3) is 1.31. The van der Waals surface area contributed by atoms with Gasteiger partial charge in [0.2, 0.25) is 5.88 Å². The molecule has 0 unspecified atom stereocenters. The van der Waals surface area contributed by atoms with Crippen molar-refractivity contribution in [2.24, 2.45) is 7.05 Å². The van der Waals surface area contributed by atoms with Crippen LogP contribution in [0, 0.1) is 6.92 Å². The highest BCUT2D eigenvalue weighted by Gasteiger charge is 2.23. The van der Waals surface area contributed by atoms with Crippen LogP contribution < -0.4 is 0 Å². The molecule has 0 atom stereocenters. The van der Waals surface area contributed by atoms with Crippen molar-refractivity contribution in [1.29, 1.82) is 0 Å². The zero-order valence-corrected chi connectivity index (χ0v) is 8.34. The van der Waals surface area contributed by atoms with Crippen LogP contribution in [0.3, 0.4) is 0 Å². The summed E-state index contributed by atoms with van der Waals surface area (Å²) in [6, 6.07) is 0. The molecule has 0 spiro atoms. The van der Waals surface area contributed by atoms with E-state index in [9.17, 15) is 5.11 Å². The van der Waals surface area contributed by atoms with Crippen molar-refractivity contribution in [2.75, 3.05) is 0 Å². The molecule has 0 aromatic carbocycles. The lowest BCUT2D eigenvalue weighted by atomic mass is 9.89. The van der Waals surface area contributed by atoms with Crippen LogP contribution in [0.25, 0.3) is 0 Å². The summed E-state index contributed by atoms with van der Waals surface area (Å²) in [6.07, 6.45) is 0. The maximum Gasteiger partial charge on any atom is 0.233 e. The van der Waals surface area contributed by atoms with Gasteiger partial charge in [-0.25, -0.2) is 0 Å². The molecule has 0 radical (unpaired) electrons. The highest BCUT2D eigenvalue weighted by atomic mass is 16.3. The zero-order chi connectivity index (χ0) is 9.52. The molecule has 1 heterocycles. The number of rotatable bonds is 0. The monoisotopic (exact) mass is 168 g/mol. The van der Waals surface area contributed by atoms with Crippen LogP contribution in [0.4, 0.5) is 0 Å². The Balaban J connectivity index is 3.32. The lowest BCUT2D eigenvalue weighted by molar-refractivity contribution is 0.440. The first kappa shape index (κ1) is 9.10. The molecule has 0 saturated heterocycles. The van der Waals surface area contributed by atoms with Gasteiger partial charge in [0.1, 0.15) is 0 Å². The van der Waals surface area contributed by atoms with Gasteiger partial charge in [0.15, 0.2) is 0 Å². The molecule has 0 fully saturated rings. The van der Waals surface area contributed by atoms with Crippen LogP contribution in [-0.2, 0) is 12.5 Å². The number of nitrogens with zero attached hydrogens (tertiary/aromatic N) is 2. The molecule has 1 aromatic rings. The van der Waals surface area contributed by atoms with Crippen molar-refractivity contribution < 1.29 is 5.11 Å². The quantitative estimate of drug-likeness (QED) is 0.640. The Morgan fingerprint density at radius 3 is 2.00 bits per heavy atom. The van der Waals surface area contributed by atoms with Gasteiger partial charge >= 0.3 is 0 Å². The van der Waals surface area contributed by atoms with Crippen LogP contribution in [0.15, 0.2) is 0 Å². The molecule has 0 amide bonds. The van der Waals surface area contributed by atoms with Gasteiger partial charge in [-0.15, -0.1) is 5.10 Å². The van der Waals surface area contributed by atoms with Gasteiger partial charge in [-0.3, -0.25) is 4.68 Å². The van der Waals surface area contributed by atoms with E-state index in [-0.39, 0.29) is 11.3 Å². The summed E-state index contributed by atoms with van der Waals surface area (Å²) in [7, 11) is 1.85. The fourth-order valence-corrected chi connectivity index (χ4v) is 1.66. The second kappa shape index (κ2) is 2.51. The summed E-state index contributed by atoms with van der Waals surface area (Å²) in [5.41, 5.74) is 2.00. The predicted molar refractivity (Wildman–Crippen MR) is 48.3 cm³/mol. The van der Waals surface area contributed by atoms with E-state index in [2.05, 4.69) is 25.9 Å². The molecule has 3 heteroatoms. The zero-order valence-electron chi connectivity index (χ0n) is 8.34. The summed E-state index contributed by atoms with van der Waals surface area (Å²) in [5, 5.41) is 13.3. The molecule has 0 saturated carbocycles. The molecule has 0 aliphatic heterocycles. The molecule has 0 aliphatic rings. The maximum atomic E-state index is 9.35. The first-order chi connectivity index (χ1) is 5.34. The molecule has 3 nitrogen and oxygen atoms in total. The van der Waals surface area contributed by atoms with Gasteiger partial charge in [-0.05, 0) is 6.92 Å². The van der Waals surface area contributed by atoms with Crippen molar-refractivity contribution in [1.82, 2.24) is 9.78 Å². The second-order valence-corrected chi connectivity index (χ2v) is 4.17. The summed E-state index contributed by atoms with van der Waals surface area (Å²) >= 11 is 0. The van der Waals surface area contributed by atoms with Crippen molar-refractivity contribution in [3.63, 3.8) is 0 Å². The molecular formula is C9H16N2O. The Morgan fingerprint density at radius 1 is 1.33 bits per heavy atom. The highest BCUT2D eigenvalue weighted by molar-refractivity contribution is 5.32. The molecule has 1 rings (SSSR count). The van der Waals surface area contributed by atoms with E-state index in [1.54, 1.807) is 4.68 Å². The van der Waals surface area contributed by atoms with Gasteiger partial charge in [0.05, 0.1) is 5.69 Å². The minimum atomic E-state index is 0.0345. The first-order valence-electron chi connectivity index (χ1n) is 4.07. The van der Waals surface area contributed by atoms with Gasteiger partial charge in [0, 0.05) is 18.0 Å². The minimum Gasteiger partial charge on any atom is -0.492 e. The molecule has 12 heavy (non-hydrogen) atoms.